The van der Waals surface area contributed by atoms with E-state index in [1.807, 2.05) is 0 Å². The van der Waals surface area contributed by atoms with Crippen molar-refractivity contribution >= 4 is 5.91 Å². The summed E-state index contributed by atoms with van der Waals surface area (Å²) in [6.45, 7) is 0.405. The number of rotatable bonds is 6. The topological polar surface area (TPSA) is 92.9 Å². The molecule has 24 heavy (non-hydrogen) atoms. The van der Waals surface area contributed by atoms with Crippen LogP contribution in [0.3, 0.4) is 0 Å². The highest BCUT2D eigenvalue weighted by Crippen LogP contribution is 2.40. The molecule has 0 aliphatic heterocycles. The van der Waals surface area contributed by atoms with Gasteiger partial charge >= 0.3 is 0 Å². The van der Waals surface area contributed by atoms with Crippen molar-refractivity contribution < 1.29 is 14.3 Å². The molecule has 3 rings (SSSR count). The Morgan fingerprint density at radius 2 is 2.21 bits per heavy atom. The fraction of sp³-hybridized carbons (Fsp3) is 0.500. The van der Waals surface area contributed by atoms with Crippen molar-refractivity contribution in [1.29, 1.82) is 0 Å². The summed E-state index contributed by atoms with van der Waals surface area (Å²) < 4.78 is 14.4. The van der Waals surface area contributed by atoms with Crippen molar-refractivity contribution in [3.63, 3.8) is 0 Å². The molecule has 1 fully saturated rings. The Hall–Kier alpha value is -2.35. The molecular weight excluding hydrogens is 313 g/mol. The van der Waals surface area contributed by atoms with Crippen LogP contribution in [-0.2, 0) is 17.8 Å². The van der Waals surface area contributed by atoms with Crippen molar-refractivity contribution in [2.24, 2.45) is 5.41 Å². The molecule has 1 aliphatic carbocycles. The number of nitrogens with one attached hydrogen (secondary N) is 1. The lowest BCUT2D eigenvalue weighted by atomic mass is 9.78. The monoisotopic (exact) mass is 333 g/mol. The van der Waals surface area contributed by atoms with Gasteiger partial charge in [-0.15, -0.1) is 5.10 Å². The fourth-order valence-corrected chi connectivity index (χ4v) is 3.33. The third-order valence-corrected chi connectivity index (χ3v) is 4.66. The molecule has 1 aromatic heterocycles. The number of aliphatic hydroxyl groups excluding tert-OH is 1. The third-order valence-electron chi connectivity index (χ3n) is 4.66. The Balaban J connectivity index is 1.65. The minimum atomic E-state index is -0.490. The molecule has 128 valence electrons. The van der Waals surface area contributed by atoms with Crippen LogP contribution in [-0.4, -0.2) is 43.9 Å². The van der Waals surface area contributed by atoms with E-state index in [0.29, 0.717) is 19.4 Å². The van der Waals surface area contributed by atoms with Gasteiger partial charge in [-0.2, -0.15) is 0 Å². The first kappa shape index (κ1) is 16.5. The molecule has 1 amide bonds. The summed E-state index contributed by atoms with van der Waals surface area (Å²) in [4.78, 5) is 12.1. The van der Waals surface area contributed by atoms with E-state index in [-0.39, 0.29) is 18.3 Å². The molecule has 0 saturated heterocycles. The van der Waals surface area contributed by atoms with Gasteiger partial charge in [0.05, 0.1) is 6.10 Å². The zero-order valence-electron chi connectivity index (χ0n) is 13.2. The molecular formula is C16H20FN5O2. The summed E-state index contributed by atoms with van der Waals surface area (Å²) in [5, 5.41) is 24.0. The van der Waals surface area contributed by atoms with Crippen molar-refractivity contribution in [2.75, 3.05) is 6.54 Å². The molecule has 1 aliphatic rings. The van der Waals surface area contributed by atoms with Crippen molar-refractivity contribution in [3.05, 3.63) is 42.0 Å². The summed E-state index contributed by atoms with van der Waals surface area (Å²) in [7, 11) is 0. The first-order valence-electron chi connectivity index (χ1n) is 7.97. The van der Waals surface area contributed by atoms with Gasteiger partial charge in [0, 0.05) is 12.0 Å². The van der Waals surface area contributed by atoms with Crippen molar-refractivity contribution in [2.45, 2.75) is 38.3 Å². The van der Waals surface area contributed by atoms with Crippen molar-refractivity contribution in [1.82, 2.24) is 25.5 Å². The molecule has 0 radical (unpaired) electrons. The van der Waals surface area contributed by atoms with Gasteiger partial charge in [0.15, 0.2) is 0 Å². The SMILES string of the molecule is O=C(Cn1cnnn1)NC[C@@]1(Cc2ccc(F)cc2)CCC[C@H]1O. The molecule has 0 spiro atoms. The maximum absolute atomic E-state index is 13.1. The molecule has 2 N–H and O–H groups in total. The highest BCUT2D eigenvalue weighted by atomic mass is 19.1. The lowest BCUT2D eigenvalue weighted by molar-refractivity contribution is -0.122. The Kier molecular flexibility index (Phi) is 4.84. The molecule has 2 atom stereocenters. The number of carbonyl (C=O) groups excluding carboxylic acids is 1. The number of tetrazole rings is 1. The van der Waals surface area contributed by atoms with E-state index in [1.165, 1.54) is 23.1 Å². The van der Waals surface area contributed by atoms with Crippen LogP contribution in [0.5, 0.6) is 0 Å². The molecule has 1 heterocycles. The van der Waals surface area contributed by atoms with Gasteiger partial charge < -0.3 is 10.4 Å². The van der Waals surface area contributed by atoms with Gasteiger partial charge in [0.2, 0.25) is 5.91 Å². The summed E-state index contributed by atoms with van der Waals surface area (Å²) in [5.74, 6) is -0.491. The number of hydrogen-bond donors (Lipinski definition) is 2. The van der Waals surface area contributed by atoms with Gasteiger partial charge in [-0.1, -0.05) is 18.6 Å². The second-order valence-corrected chi connectivity index (χ2v) is 6.36. The minimum absolute atomic E-state index is 0.0374. The Labute approximate surface area is 138 Å². The van der Waals surface area contributed by atoms with E-state index in [2.05, 4.69) is 20.8 Å². The predicted octanol–water partition coefficient (Wildman–Crippen LogP) is 0.702. The first-order chi connectivity index (χ1) is 11.6. The van der Waals surface area contributed by atoms with E-state index in [0.717, 1.165) is 18.4 Å². The average Bonchev–Trinajstić information content (AvgIpc) is 3.19. The van der Waals surface area contributed by atoms with Crippen LogP contribution >= 0.6 is 0 Å². The summed E-state index contributed by atoms with van der Waals surface area (Å²) in [6, 6.07) is 6.29. The number of carbonyl (C=O) groups is 1. The number of hydrogen-bond acceptors (Lipinski definition) is 5. The maximum atomic E-state index is 13.1. The quantitative estimate of drug-likeness (QED) is 0.812. The number of aliphatic hydroxyl groups is 1. The molecule has 1 saturated carbocycles. The van der Waals surface area contributed by atoms with E-state index in [4.69, 9.17) is 0 Å². The molecule has 0 unspecified atom stereocenters. The number of benzene rings is 1. The zero-order chi connectivity index (χ0) is 17.0. The van der Waals surface area contributed by atoms with Crippen LogP contribution in [0.25, 0.3) is 0 Å². The standard InChI is InChI=1S/C16H20FN5O2/c17-13-5-3-12(4-6-13)8-16(7-1-2-14(16)23)10-18-15(24)9-22-11-19-20-21-22/h3-6,11,14,23H,1-2,7-10H2,(H,18,24)/t14-,16+/m1/s1. The predicted molar refractivity (Wildman–Crippen MR) is 83.2 cm³/mol. The van der Waals surface area contributed by atoms with Crippen LogP contribution in [0.15, 0.2) is 30.6 Å². The number of nitrogens with zero attached hydrogens (tertiary/aromatic N) is 4. The Morgan fingerprint density at radius 1 is 1.42 bits per heavy atom. The molecule has 7 nitrogen and oxygen atoms in total. The lowest BCUT2D eigenvalue weighted by Crippen LogP contribution is -2.44. The van der Waals surface area contributed by atoms with Crippen LogP contribution < -0.4 is 5.32 Å². The van der Waals surface area contributed by atoms with Gasteiger partial charge in [0.1, 0.15) is 18.7 Å². The van der Waals surface area contributed by atoms with E-state index in [9.17, 15) is 14.3 Å². The largest absolute Gasteiger partial charge is 0.392 e. The van der Waals surface area contributed by atoms with Crippen LogP contribution in [0.4, 0.5) is 4.39 Å². The normalized spacial score (nSPS) is 23.3. The number of amides is 1. The van der Waals surface area contributed by atoms with Gasteiger partial charge in [-0.05, 0) is 47.4 Å². The summed E-state index contributed by atoms with van der Waals surface area (Å²) in [6.07, 6.45) is 3.92. The zero-order valence-corrected chi connectivity index (χ0v) is 13.2. The van der Waals surface area contributed by atoms with Crippen molar-refractivity contribution in [3.8, 4) is 0 Å². The molecule has 0 bridgehead atoms. The smallest absolute Gasteiger partial charge is 0.241 e. The third kappa shape index (κ3) is 3.76. The van der Waals surface area contributed by atoms with Gasteiger partial charge in [0.25, 0.3) is 0 Å². The highest BCUT2D eigenvalue weighted by molar-refractivity contribution is 5.75. The van der Waals surface area contributed by atoms with E-state index in [1.54, 1.807) is 12.1 Å². The second-order valence-electron chi connectivity index (χ2n) is 6.36. The highest BCUT2D eigenvalue weighted by Gasteiger charge is 2.42. The van der Waals surface area contributed by atoms with Crippen LogP contribution in [0, 0.1) is 11.2 Å². The average molecular weight is 333 g/mol. The van der Waals surface area contributed by atoms with E-state index >= 15 is 0 Å². The number of halogens is 1. The van der Waals surface area contributed by atoms with Crippen LogP contribution in [0.1, 0.15) is 24.8 Å². The summed E-state index contributed by atoms with van der Waals surface area (Å²) in [5.41, 5.74) is 0.528. The Bertz CT molecular complexity index is 676. The molecule has 8 heteroatoms. The van der Waals surface area contributed by atoms with Crippen LogP contribution in [0.2, 0.25) is 0 Å². The summed E-state index contributed by atoms with van der Waals surface area (Å²) >= 11 is 0. The molecule has 2 aromatic rings. The van der Waals surface area contributed by atoms with Gasteiger partial charge in [-0.25, -0.2) is 9.07 Å². The maximum Gasteiger partial charge on any atom is 0.241 e. The van der Waals surface area contributed by atoms with Gasteiger partial charge in [-0.3, -0.25) is 4.79 Å². The fourth-order valence-electron chi connectivity index (χ4n) is 3.33. The molecule has 1 aromatic carbocycles. The van der Waals surface area contributed by atoms with E-state index < -0.39 is 11.5 Å². The first-order valence-corrected chi connectivity index (χ1v) is 7.97. The lowest BCUT2D eigenvalue weighted by Gasteiger charge is -2.33. The minimum Gasteiger partial charge on any atom is -0.392 e. The second kappa shape index (κ2) is 7.04. The Morgan fingerprint density at radius 3 is 2.83 bits per heavy atom. The number of aromatic nitrogens is 4.